The van der Waals surface area contributed by atoms with E-state index in [9.17, 15) is 9.59 Å². The first-order valence-electron chi connectivity index (χ1n) is 9.92. The topological polar surface area (TPSA) is 64.6 Å². The molecule has 0 bridgehead atoms. The van der Waals surface area contributed by atoms with Crippen molar-refractivity contribution in [3.8, 4) is 5.75 Å². The van der Waals surface area contributed by atoms with Gasteiger partial charge < -0.3 is 14.8 Å². The number of rotatable bonds is 5. The van der Waals surface area contributed by atoms with Crippen molar-refractivity contribution in [2.75, 3.05) is 13.2 Å². The fraction of sp³-hybridized carbons (Fsp3) is 0.478. The van der Waals surface area contributed by atoms with Gasteiger partial charge in [-0.2, -0.15) is 0 Å². The van der Waals surface area contributed by atoms with E-state index in [-0.39, 0.29) is 17.8 Å². The molecule has 0 fully saturated rings. The van der Waals surface area contributed by atoms with E-state index in [2.05, 4.69) is 19.2 Å². The van der Waals surface area contributed by atoms with Crippen LogP contribution in [0.2, 0.25) is 0 Å². The van der Waals surface area contributed by atoms with Gasteiger partial charge in [0.2, 0.25) is 0 Å². The molecule has 5 heteroatoms. The third kappa shape index (κ3) is 3.71. The van der Waals surface area contributed by atoms with E-state index in [1.54, 1.807) is 6.92 Å². The van der Waals surface area contributed by atoms with Crippen molar-refractivity contribution < 1.29 is 19.1 Å². The van der Waals surface area contributed by atoms with Crippen LogP contribution < -0.4 is 10.1 Å². The molecule has 0 radical (unpaired) electrons. The van der Waals surface area contributed by atoms with E-state index in [1.165, 1.54) is 0 Å². The van der Waals surface area contributed by atoms with Crippen molar-refractivity contribution in [2.45, 2.75) is 53.4 Å². The van der Waals surface area contributed by atoms with Gasteiger partial charge in [-0.05, 0) is 38.7 Å². The summed E-state index contributed by atoms with van der Waals surface area (Å²) in [5.41, 5.74) is 3.51. The minimum absolute atomic E-state index is 0.0735. The number of carbonyl (C=O) groups is 2. The van der Waals surface area contributed by atoms with Crippen LogP contribution in [0.15, 0.2) is 46.8 Å². The van der Waals surface area contributed by atoms with E-state index < -0.39 is 11.9 Å². The quantitative estimate of drug-likeness (QED) is 0.770. The standard InChI is InChI=1S/C23H29NO4/c1-6-27-18-11-9-8-10-15(18)20-19(22(26)28-7-2)14(3)24-16-12-23(4,5)13-17(25)21(16)20/h8-11,20,24H,6-7,12-13H2,1-5H3. The van der Waals surface area contributed by atoms with Gasteiger partial charge in [-0.25, -0.2) is 4.79 Å². The zero-order chi connectivity index (χ0) is 20.5. The van der Waals surface area contributed by atoms with Crippen LogP contribution in [0.4, 0.5) is 0 Å². The number of Topliss-reactive ketones (excluding diaryl/α,β-unsaturated/α-hetero) is 1. The number of ketones is 1. The number of para-hydroxylation sites is 1. The molecule has 1 atom stereocenters. The Morgan fingerprint density at radius 3 is 2.57 bits per heavy atom. The summed E-state index contributed by atoms with van der Waals surface area (Å²) < 4.78 is 11.2. The summed E-state index contributed by atoms with van der Waals surface area (Å²) in [6.07, 6.45) is 1.21. The van der Waals surface area contributed by atoms with Crippen LogP contribution in [-0.2, 0) is 14.3 Å². The third-order valence-corrected chi connectivity index (χ3v) is 5.26. The van der Waals surface area contributed by atoms with Crippen LogP contribution in [-0.4, -0.2) is 25.0 Å². The highest BCUT2D eigenvalue weighted by atomic mass is 16.5. The lowest BCUT2D eigenvalue weighted by Gasteiger charge is -2.39. The summed E-state index contributed by atoms with van der Waals surface area (Å²) in [4.78, 5) is 26.1. The molecule has 0 amide bonds. The number of hydrogen-bond donors (Lipinski definition) is 1. The largest absolute Gasteiger partial charge is 0.494 e. The molecule has 0 saturated carbocycles. The van der Waals surface area contributed by atoms with Crippen molar-refractivity contribution >= 4 is 11.8 Å². The Morgan fingerprint density at radius 2 is 1.89 bits per heavy atom. The van der Waals surface area contributed by atoms with E-state index in [0.29, 0.717) is 29.9 Å². The average Bonchev–Trinajstić information content (AvgIpc) is 2.60. The van der Waals surface area contributed by atoms with Gasteiger partial charge in [0.15, 0.2) is 5.78 Å². The smallest absolute Gasteiger partial charge is 0.336 e. The highest BCUT2D eigenvalue weighted by Crippen LogP contribution is 2.48. The summed E-state index contributed by atoms with van der Waals surface area (Å²) in [6, 6.07) is 7.63. The average molecular weight is 383 g/mol. The molecule has 1 aromatic rings. The van der Waals surface area contributed by atoms with Gasteiger partial charge in [-0.3, -0.25) is 4.79 Å². The van der Waals surface area contributed by atoms with Crippen molar-refractivity contribution in [1.82, 2.24) is 5.32 Å². The van der Waals surface area contributed by atoms with Crippen LogP contribution in [0.1, 0.15) is 58.9 Å². The predicted molar refractivity (Wildman–Crippen MR) is 108 cm³/mol. The highest BCUT2D eigenvalue weighted by Gasteiger charge is 2.43. The summed E-state index contributed by atoms with van der Waals surface area (Å²) >= 11 is 0. The molecule has 3 rings (SSSR count). The molecule has 0 aromatic heterocycles. The maximum atomic E-state index is 13.2. The Morgan fingerprint density at radius 1 is 1.18 bits per heavy atom. The molecule has 150 valence electrons. The number of dihydropyridines is 1. The normalized spacial score (nSPS) is 21.2. The summed E-state index contributed by atoms with van der Waals surface area (Å²) in [7, 11) is 0. The Bertz CT molecular complexity index is 863. The second-order valence-electron chi connectivity index (χ2n) is 8.12. The molecular formula is C23H29NO4. The van der Waals surface area contributed by atoms with Gasteiger partial charge in [0.25, 0.3) is 0 Å². The molecule has 0 saturated heterocycles. The first-order chi connectivity index (χ1) is 13.3. The van der Waals surface area contributed by atoms with Crippen molar-refractivity contribution in [3.05, 3.63) is 52.4 Å². The molecule has 1 unspecified atom stereocenters. The number of esters is 1. The van der Waals surface area contributed by atoms with Crippen LogP contribution in [0, 0.1) is 5.41 Å². The minimum atomic E-state index is -0.485. The van der Waals surface area contributed by atoms with E-state index in [0.717, 1.165) is 23.4 Å². The summed E-state index contributed by atoms with van der Waals surface area (Å²) in [5, 5.41) is 3.34. The van der Waals surface area contributed by atoms with E-state index >= 15 is 0 Å². The Labute approximate surface area is 166 Å². The Kier molecular flexibility index (Phi) is 5.64. The van der Waals surface area contributed by atoms with Gasteiger partial charge in [0.1, 0.15) is 5.75 Å². The lowest BCUT2D eigenvalue weighted by atomic mass is 9.68. The number of benzene rings is 1. The molecule has 2 aliphatic rings. The summed E-state index contributed by atoms with van der Waals surface area (Å²) in [5.74, 6) is -0.116. The first kappa shape index (κ1) is 20.2. The zero-order valence-electron chi connectivity index (χ0n) is 17.3. The molecule has 1 N–H and O–H groups in total. The van der Waals surface area contributed by atoms with E-state index in [4.69, 9.17) is 9.47 Å². The third-order valence-electron chi connectivity index (χ3n) is 5.26. The van der Waals surface area contributed by atoms with Gasteiger partial charge in [-0.1, -0.05) is 32.0 Å². The second kappa shape index (κ2) is 7.82. The molecule has 0 spiro atoms. The number of hydrogen-bond acceptors (Lipinski definition) is 5. The molecular weight excluding hydrogens is 354 g/mol. The summed E-state index contributed by atoms with van der Waals surface area (Å²) in [6.45, 7) is 10.6. The van der Waals surface area contributed by atoms with Crippen LogP contribution in [0.25, 0.3) is 0 Å². The van der Waals surface area contributed by atoms with Crippen molar-refractivity contribution in [1.29, 1.82) is 0 Å². The molecule has 1 heterocycles. The predicted octanol–water partition coefficient (Wildman–Crippen LogP) is 4.25. The van der Waals surface area contributed by atoms with Crippen LogP contribution in [0.3, 0.4) is 0 Å². The SMILES string of the molecule is CCOC(=O)C1=C(C)NC2=C(C(=O)CC(C)(C)C2)C1c1ccccc1OCC. The molecule has 1 aliphatic carbocycles. The van der Waals surface area contributed by atoms with Gasteiger partial charge in [-0.15, -0.1) is 0 Å². The van der Waals surface area contributed by atoms with E-state index in [1.807, 2.05) is 38.1 Å². The van der Waals surface area contributed by atoms with Crippen molar-refractivity contribution in [3.63, 3.8) is 0 Å². The Balaban J connectivity index is 2.21. The van der Waals surface area contributed by atoms with Crippen molar-refractivity contribution in [2.24, 2.45) is 5.41 Å². The minimum Gasteiger partial charge on any atom is -0.494 e. The number of allylic oxidation sites excluding steroid dienone is 3. The fourth-order valence-electron chi connectivity index (χ4n) is 4.23. The second-order valence-corrected chi connectivity index (χ2v) is 8.12. The zero-order valence-corrected chi connectivity index (χ0v) is 17.3. The number of nitrogens with one attached hydrogen (secondary N) is 1. The Hall–Kier alpha value is -2.56. The lowest BCUT2D eigenvalue weighted by molar-refractivity contribution is -0.138. The molecule has 28 heavy (non-hydrogen) atoms. The molecule has 1 aromatic carbocycles. The van der Waals surface area contributed by atoms with Crippen LogP contribution >= 0.6 is 0 Å². The molecule has 5 nitrogen and oxygen atoms in total. The van der Waals surface area contributed by atoms with Crippen LogP contribution in [0.5, 0.6) is 5.75 Å². The lowest BCUT2D eigenvalue weighted by Crippen LogP contribution is -2.38. The van der Waals surface area contributed by atoms with Gasteiger partial charge in [0, 0.05) is 29.0 Å². The molecule has 1 aliphatic heterocycles. The van der Waals surface area contributed by atoms with Gasteiger partial charge in [0.05, 0.1) is 24.7 Å². The first-order valence-corrected chi connectivity index (χ1v) is 9.92. The maximum absolute atomic E-state index is 13.2. The maximum Gasteiger partial charge on any atom is 0.336 e. The fourth-order valence-corrected chi connectivity index (χ4v) is 4.23. The number of ether oxygens (including phenoxy) is 2. The monoisotopic (exact) mass is 383 g/mol. The highest BCUT2D eigenvalue weighted by molar-refractivity contribution is 6.04. The van der Waals surface area contributed by atoms with Gasteiger partial charge >= 0.3 is 5.97 Å². The number of carbonyl (C=O) groups excluding carboxylic acids is 2.